The first-order chi connectivity index (χ1) is 21.3. The van der Waals surface area contributed by atoms with E-state index in [9.17, 15) is 22.9 Å². The molecule has 2 saturated heterocycles. The van der Waals surface area contributed by atoms with Crippen LogP contribution < -0.4 is 14.9 Å². The number of piperidine rings is 1. The maximum Gasteiger partial charge on any atom is 0.254 e. The first kappa shape index (κ1) is 32.5. The van der Waals surface area contributed by atoms with Gasteiger partial charge in [0.2, 0.25) is 10.0 Å². The lowest BCUT2D eigenvalue weighted by molar-refractivity contribution is 0.0672. The smallest absolute Gasteiger partial charge is 0.254 e. The summed E-state index contributed by atoms with van der Waals surface area (Å²) in [6, 6.07) is 14.4. The van der Waals surface area contributed by atoms with Crippen molar-refractivity contribution < 1.29 is 17.6 Å². The molecule has 0 bridgehead atoms. The Morgan fingerprint density at radius 2 is 1.69 bits per heavy atom. The maximum absolute atomic E-state index is 14.5. The molecular weight excluding hydrogens is 589 g/mol. The monoisotopic (exact) mass is 631 g/mol. The van der Waals surface area contributed by atoms with E-state index in [1.807, 2.05) is 31.7 Å². The first-order valence-electron chi connectivity index (χ1n) is 15.5. The van der Waals surface area contributed by atoms with E-state index in [-0.39, 0.29) is 17.6 Å². The van der Waals surface area contributed by atoms with E-state index in [2.05, 4.69) is 43.0 Å². The summed E-state index contributed by atoms with van der Waals surface area (Å²) in [7, 11) is -4.27. The second-order valence-corrected chi connectivity index (χ2v) is 14.2. The molecule has 2 fully saturated rings. The van der Waals surface area contributed by atoms with E-state index < -0.39 is 20.7 Å². The van der Waals surface area contributed by atoms with Gasteiger partial charge < -0.3 is 14.7 Å². The van der Waals surface area contributed by atoms with Gasteiger partial charge >= 0.3 is 0 Å². The summed E-state index contributed by atoms with van der Waals surface area (Å²) in [5, 5.41) is 15.0. The number of nitriles is 1. The summed E-state index contributed by atoms with van der Waals surface area (Å²) < 4.78 is 38.9. The molecule has 5 rings (SSSR count). The Balaban J connectivity index is 1.31. The predicted octanol–water partition coefficient (Wildman–Crippen LogP) is 5.39. The number of hydrogen-bond donors (Lipinski definition) is 1. The fraction of sp³-hybridized carbons (Fsp3) is 0.429. The minimum Gasteiger partial charge on any atom is -0.370 e. The Labute approximate surface area is 266 Å². The third-order valence-corrected chi connectivity index (χ3v) is 10.5. The van der Waals surface area contributed by atoms with Crippen molar-refractivity contribution in [1.29, 1.82) is 5.26 Å². The van der Waals surface area contributed by atoms with Crippen molar-refractivity contribution in [2.24, 2.45) is 11.1 Å². The Hall–Kier alpha value is -3.94. The molecule has 2 heterocycles. The second-order valence-electron chi connectivity index (χ2n) is 12.7. The SMILES string of the molecule is Cc1ccc(N2CCC(Cc3c(C)cc(C)c(C(=O)N4CCN(c5cccc(F)c5S(N)(=O)=O)C[C@@H]4C)c3C)CC2)c(C#N)c1. The van der Waals surface area contributed by atoms with Crippen LogP contribution in [0.2, 0.25) is 0 Å². The molecule has 0 aromatic heterocycles. The molecule has 3 aromatic rings. The van der Waals surface area contributed by atoms with Crippen LogP contribution in [0.4, 0.5) is 15.8 Å². The van der Waals surface area contributed by atoms with Crippen molar-refractivity contribution in [2.45, 2.75) is 64.8 Å². The number of rotatable bonds is 6. The van der Waals surface area contributed by atoms with E-state index in [1.165, 1.54) is 17.2 Å². The minimum absolute atomic E-state index is 0.0393. The number of sulfonamides is 1. The quantitative estimate of drug-likeness (QED) is 0.391. The minimum atomic E-state index is -4.27. The molecule has 3 aromatic carbocycles. The van der Waals surface area contributed by atoms with E-state index in [0.717, 1.165) is 71.9 Å². The molecule has 0 spiro atoms. The molecule has 10 heteroatoms. The number of halogens is 1. The number of amides is 1. The number of nitrogens with zero attached hydrogens (tertiary/aromatic N) is 4. The van der Waals surface area contributed by atoms with Gasteiger partial charge in [-0.05, 0) is 112 Å². The summed E-state index contributed by atoms with van der Waals surface area (Å²) >= 11 is 0. The van der Waals surface area contributed by atoms with Crippen LogP contribution in [0.3, 0.4) is 0 Å². The molecule has 1 atom stereocenters. The van der Waals surface area contributed by atoms with E-state index >= 15 is 0 Å². The fourth-order valence-electron chi connectivity index (χ4n) is 7.20. The molecular formula is C35H42FN5O3S. The number of benzene rings is 3. The number of nitrogens with two attached hydrogens (primary N) is 1. The van der Waals surface area contributed by atoms with Gasteiger partial charge in [0.05, 0.1) is 16.9 Å². The highest BCUT2D eigenvalue weighted by atomic mass is 32.2. The van der Waals surface area contributed by atoms with Gasteiger partial charge in [0.25, 0.3) is 5.91 Å². The molecule has 1 amide bonds. The molecule has 2 aliphatic heterocycles. The normalized spacial score (nSPS) is 17.8. The Morgan fingerprint density at radius 3 is 2.33 bits per heavy atom. The van der Waals surface area contributed by atoms with Gasteiger partial charge in [0, 0.05) is 44.3 Å². The second kappa shape index (κ2) is 12.8. The van der Waals surface area contributed by atoms with Gasteiger partial charge in [-0.25, -0.2) is 17.9 Å². The summed E-state index contributed by atoms with van der Waals surface area (Å²) in [5.41, 5.74) is 8.12. The third kappa shape index (κ3) is 6.56. The lowest BCUT2D eigenvalue weighted by Crippen LogP contribution is -2.54. The fourth-order valence-corrected chi connectivity index (χ4v) is 8.03. The van der Waals surface area contributed by atoms with Crippen molar-refractivity contribution in [3.05, 3.63) is 87.2 Å². The summed E-state index contributed by atoms with van der Waals surface area (Å²) in [6.45, 7) is 12.9. The molecule has 2 N–H and O–H groups in total. The largest absolute Gasteiger partial charge is 0.370 e. The van der Waals surface area contributed by atoms with E-state index in [0.29, 0.717) is 25.6 Å². The van der Waals surface area contributed by atoms with Crippen LogP contribution in [0.5, 0.6) is 0 Å². The van der Waals surface area contributed by atoms with Gasteiger partial charge in [0.1, 0.15) is 16.8 Å². The molecule has 0 radical (unpaired) electrons. The number of anilines is 2. The van der Waals surface area contributed by atoms with Crippen LogP contribution in [0.15, 0.2) is 47.4 Å². The van der Waals surface area contributed by atoms with Crippen molar-refractivity contribution in [2.75, 3.05) is 42.5 Å². The highest BCUT2D eigenvalue weighted by molar-refractivity contribution is 7.89. The average Bonchev–Trinajstić information content (AvgIpc) is 2.98. The van der Waals surface area contributed by atoms with Crippen molar-refractivity contribution in [3.63, 3.8) is 0 Å². The van der Waals surface area contributed by atoms with Crippen molar-refractivity contribution in [1.82, 2.24) is 4.90 Å². The number of aryl methyl sites for hydroxylation is 3. The number of carbonyl (C=O) groups excluding carboxylic acids is 1. The maximum atomic E-state index is 14.5. The van der Waals surface area contributed by atoms with Gasteiger partial charge in [-0.15, -0.1) is 0 Å². The molecule has 2 aliphatic rings. The highest BCUT2D eigenvalue weighted by Crippen LogP contribution is 2.33. The van der Waals surface area contributed by atoms with Crippen molar-refractivity contribution in [3.8, 4) is 6.07 Å². The van der Waals surface area contributed by atoms with Crippen LogP contribution >= 0.6 is 0 Å². The first-order valence-corrected chi connectivity index (χ1v) is 17.1. The van der Waals surface area contributed by atoms with Crippen molar-refractivity contribution >= 4 is 27.3 Å². The number of piperazine rings is 1. The average molecular weight is 632 g/mol. The Kier molecular flexibility index (Phi) is 9.24. The lowest BCUT2D eigenvalue weighted by atomic mass is 9.83. The van der Waals surface area contributed by atoms with Gasteiger partial charge in [0.15, 0.2) is 0 Å². The molecule has 0 aliphatic carbocycles. The standard InChI is InChI=1S/C35H42FN5O3S/c1-22-9-10-31(28(17-22)20-37)39-13-11-27(12-14-39)19-29-23(2)18-24(3)33(26(29)5)35(42)41-16-15-40(21-25(41)4)32-8-6-7-30(36)34(32)45(38,43)44/h6-10,17-18,25,27H,11-16,19,21H2,1-5H3,(H2,38,43,44)/t25-/m0/s1. The number of carbonyl (C=O) groups is 1. The number of hydrogen-bond acceptors (Lipinski definition) is 6. The zero-order valence-corrected chi connectivity index (χ0v) is 27.5. The topological polar surface area (TPSA) is 111 Å². The van der Waals surface area contributed by atoms with Crippen LogP contribution in [0.1, 0.15) is 63.5 Å². The zero-order chi connectivity index (χ0) is 32.6. The number of primary sulfonamides is 1. The highest BCUT2D eigenvalue weighted by Gasteiger charge is 2.33. The Morgan fingerprint density at radius 1 is 0.978 bits per heavy atom. The van der Waals surface area contributed by atoms with Crippen LogP contribution in [-0.4, -0.2) is 58.0 Å². The van der Waals surface area contributed by atoms with Gasteiger partial charge in [-0.2, -0.15) is 5.26 Å². The Bertz CT molecular complexity index is 1780. The van der Waals surface area contributed by atoms with E-state index in [4.69, 9.17) is 5.14 Å². The molecule has 0 unspecified atom stereocenters. The predicted molar refractivity (Wildman–Crippen MR) is 176 cm³/mol. The molecule has 45 heavy (non-hydrogen) atoms. The zero-order valence-electron chi connectivity index (χ0n) is 26.7. The molecule has 238 valence electrons. The van der Waals surface area contributed by atoms with Gasteiger partial charge in [-0.1, -0.05) is 18.2 Å². The van der Waals surface area contributed by atoms with Crippen LogP contribution in [0, 0.1) is 50.8 Å². The van der Waals surface area contributed by atoms with Crippen LogP contribution in [-0.2, 0) is 16.4 Å². The lowest BCUT2D eigenvalue weighted by Gasteiger charge is -2.42. The van der Waals surface area contributed by atoms with E-state index in [1.54, 1.807) is 11.0 Å². The summed E-state index contributed by atoms with van der Waals surface area (Å²) in [5.74, 6) is -0.447. The summed E-state index contributed by atoms with van der Waals surface area (Å²) in [4.78, 5) is 19.5. The van der Waals surface area contributed by atoms with Crippen LogP contribution in [0.25, 0.3) is 0 Å². The summed E-state index contributed by atoms with van der Waals surface area (Å²) in [6.07, 6.45) is 2.91. The molecule has 0 saturated carbocycles. The van der Waals surface area contributed by atoms with Gasteiger partial charge in [-0.3, -0.25) is 4.79 Å². The third-order valence-electron chi connectivity index (χ3n) is 9.53. The molecule has 8 nitrogen and oxygen atoms in total.